The second-order valence-corrected chi connectivity index (χ2v) is 4.58. The number of aromatic nitrogens is 3. The number of nitrogens with zero attached hydrogens (tertiary/aromatic N) is 4. The molecular weight excluding hydrogens is 266 g/mol. The molecule has 0 radical (unpaired) electrons. The number of benzene rings is 1. The Morgan fingerprint density at radius 1 is 1.58 bits per heavy atom. The quantitative estimate of drug-likeness (QED) is 0.677. The van der Waals surface area contributed by atoms with Crippen LogP contribution in [0.4, 0.5) is 5.69 Å². The van der Waals surface area contributed by atoms with Gasteiger partial charge < -0.3 is 0 Å². The maximum Gasteiger partial charge on any atom is 0.284 e. The topological polar surface area (TPSA) is 108 Å². The van der Waals surface area contributed by atoms with Crippen LogP contribution < -0.4 is 0 Å². The Morgan fingerprint density at radius 3 is 2.95 bits per heavy atom. The molecule has 1 aromatic carbocycles. The van der Waals surface area contributed by atoms with E-state index >= 15 is 0 Å². The van der Waals surface area contributed by atoms with E-state index in [0.717, 1.165) is 17.6 Å². The molecule has 2 rings (SSSR count). The highest BCUT2D eigenvalue weighted by atomic mass is 32.2. The van der Waals surface area contributed by atoms with E-state index in [1.54, 1.807) is 0 Å². The molecule has 8 heteroatoms. The van der Waals surface area contributed by atoms with E-state index in [1.807, 2.05) is 13.0 Å². The van der Waals surface area contributed by atoms with Crippen molar-refractivity contribution in [2.75, 3.05) is 0 Å². The highest BCUT2D eigenvalue weighted by molar-refractivity contribution is 7.99. The molecule has 0 saturated heterocycles. The summed E-state index contributed by atoms with van der Waals surface area (Å²) in [5, 5.41) is 26.9. The van der Waals surface area contributed by atoms with Gasteiger partial charge in [-0.1, -0.05) is 6.92 Å². The average Bonchev–Trinajstić information content (AvgIpc) is 2.86. The molecule has 1 heterocycles. The number of hydrogen-bond donors (Lipinski definition) is 1. The lowest BCUT2D eigenvalue weighted by molar-refractivity contribution is -0.387. The van der Waals surface area contributed by atoms with E-state index in [0.29, 0.717) is 16.5 Å². The molecule has 0 aliphatic heterocycles. The standard InChI is InChI=1S/C11H9N5O2S/c1-2-10-13-11(15-14-10)19-9-4-3-7(6-12)5-8(9)16(17)18/h3-5H,2H2,1H3,(H,13,14,15). The first-order chi connectivity index (χ1) is 9.13. The maximum atomic E-state index is 11.0. The van der Waals surface area contributed by atoms with Gasteiger partial charge in [0.25, 0.3) is 5.69 Å². The van der Waals surface area contributed by atoms with Crippen LogP contribution >= 0.6 is 11.8 Å². The van der Waals surface area contributed by atoms with Crippen LogP contribution in [0.25, 0.3) is 0 Å². The fourth-order valence-corrected chi connectivity index (χ4v) is 2.21. The van der Waals surface area contributed by atoms with Gasteiger partial charge in [0.2, 0.25) is 5.16 Å². The molecule has 0 fully saturated rings. The fraction of sp³-hybridized carbons (Fsp3) is 0.182. The molecule has 19 heavy (non-hydrogen) atoms. The average molecular weight is 275 g/mol. The number of rotatable bonds is 4. The largest absolute Gasteiger partial charge is 0.284 e. The van der Waals surface area contributed by atoms with E-state index in [4.69, 9.17) is 5.26 Å². The third-order valence-corrected chi connectivity index (χ3v) is 3.26. The first kappa shape index (κ1) is 13.0. The Bertz CT molecular complexity index is 661. The molecule has 0 atom stereocenters. The molecule has 96 valence electrons. The smallest absolute Gasteiger partial charge is 0.262 e. The van der Waals surface area contributed by atoms with Crippen LogP contribution in [0.15, 0.2) is 28.3 Å². The molecule has 0 aliphatic rings. The van der Waals surface area contributed by atoms with E-state index in [-0.39, 0.29) is 11.3 Å². The number of hydrogen-bond acceptors (Lipinski definition) is 6. The summed E-state index contributed by atoms with van der Waals surface area (Å²) in [6, 6.07) is 6.18. The minimum absolute atomic E-state index is 0.119. The van der Waals surface area contributed by atoms with E-state index in [2.05, 4.69) is 15.2 Å². The summed E-state index contributed by atoms with van der Waals surface area (Å²) < 4.78 is 0. The Balaban J connectivity index is 2.34. The van der Waals surface area contributed by atoms with Gasteiger partial charge in [0.15, 0.2) is 0 Å². The molecule has 0 aliphatic carbocycles. The van der Waals surface area contributed by atoms with Gasteiger partial charge in [-0.3, -0.25) is 15.2 Å². The molecule has 0 saturated carbocycles. The Labute approximate surface area is 112 Å². The van der Waals surface area contributed by atoms with Gasteiger partial charge in [-0.2, -0.15) is 5.26 Å². The molecule has 1 aromatic heterocycles. The summed E-state index contributed by atoms with van der Waals surface area (Å²) in [6.45, 7) is 1.93. The normalized spacial score (nSPS) is 10.1. The van der Waals surface area contributed by atoms with Crippen molar-refractivity contribution < 1.29 is 4.92 Å². The zero-order chi connectivity index (χ0) is 13.8. The van der Waals surface area contributed by atoms with Gasteiger partial charge in [-0.15, -0.1) is 5.10 Å². The summed E-state index contributed by atoms with van der Waals surface area (Å²) >= 11 is 1.09. The van der Waals surface area contributed by atoms with Crippen molar-refractivity contribution in [1.29, 1.82) is 5.26 Å². The predicted molar refractivity (Wildman–Crippen MR) is 67.7 cm³/mol. The van der Waals surface area contributed by atoms with Crippen molar-refractivity contribution in [1.82, 2.24) is 15.2 Å². The van der Waals surface area contributed by atoms with Crippen molar-refractivity contribution in [3.63, 3.8) is 0 Å². The van der Waals surface area contributed by atoms with Crippen molar-refractivity contribution in [3.05, 3.63) is 39.7 Å². The second-order valence-electron chi connectivity index (χ2n) is 3.57. The van der Waals surface area contributed by atoms with Crippen LogP contribution in [0, 0.1) is 21.4 Å². The fourth-order valence-electron chi connectivity index (χ4n) is 1.40. The molecule has 0 amide bonds. The van der Waals surface area contributed by atoms with Gasteiger partial charge >= 0.3 is 0 Å². The van der Waals surface area contributed by atoms with Crippen LogP contribution in [-0.2, 0) is 6.42 Å². The highest BCUT2D eigenvalue weighted by Crippen LogP contribution is 2.33. The first-order valence-electron chi connectivity index (χ1n) is 5.41. The monoisotopic (exact) mass is 275 g/mol. The number of aromatic amines is 1. The Kier molecular flexibility index (Phi) is 3.77. The number of aryl methyl sites for hydroxylation is 1. The lowest BCUT2D eigenvalue weighted by Gasteiger charge is -1.99. The van der Waals surface area contributed by atoms with Crippen LogP contribution in [0.3, 0.4) is 0 Å². The SMILES string of the molecule is CCc1nc(Sc2ccc(C#N)cc2[N+](=O)[O-])n[nH]1. The molecule has 0 bridgehead atoms. The molecule has 0 unspecified atom stereocenters. The highest BCUT2D eigenvalue weighted by Gasteiger charge is 2.17. The van der Waals surface area contributed by atoms with Crippen molar-refractivity contribution in [2.45, 2.75) is 23.4 Å². The second kappa shape index (κ2) is 5.49. The molecule has 2 aromatic rings. The van der Waals surface area contributed by atoms with E-state index in [1.165, 1.54) is 18.2 Å². The number of nitriles is 1. The zero-order valence-electron chi connectivity index (χ0n) is 9.95. The van der Waals surface area contributed by atoms with Crippen molar-refractivity contribution >= 4 is 17.4 Å². The van der Waals surface area contributed by atoms with Crippen LogP contribution in [-0.4, -0.2) is 20.1 Å². The van der Waals surface area contributed by atoms with Crippen LogP contribution in [0.1, 0.15) is 18.3 Å². The summed E-state index contributed by atoms with van der Waals surface area (Å²) in [5.74, 6) is 0.721. The van der Waals surface area contributed by atoms with Crippen molar-refractivity contribution in [2.24, 2.45) is 0 Å². The lowest BCUT2D eigenvalue weighted by Crippen LogP contribution is -1.92. The number of H-pyrrole nitrogens is 1. The van der Waals surface area contributed by atoms with Gasteiger partial charge in [0.05, 0.1) is 21.5 Å². The first-order valence-corrected chi connectivity index (χ1v) is 6.23. The molecular formula is C11H9N5O2S. The predicted octanol–water partition coefficient (Wildman–Crippen LogP) is 2.30. The Morgan fingerprint density at radius 2 is 2.37 bits per heavy atom. The number of nitro benzene ring substituents is 1. The Hall–Kier alpha value is -2.40. The summed E-state index contributed by atoms with van der Waals surface area (Å²) in [4.78, 5) is 15.0. The lowest BCUT2D eigenvalue weighted by atomic mass is 10.2. The minimum Gasteiger partial charge on any atom is -0.262 e. The van der Waals surface area contributed by atoms with Gasteiger partial charge in [0.1, 0.15) is 5.82 Å². The van der Waals surface area contributed by atoms with Gasteiger partial charge in [0, 0.05) is 12.5 Å². The summed E-state index contributed by atoms with van der Waals surface area (Å²) in [7, 11) is 0. The molecule has 1 N–H and O–H groups in total. The molecule has 0 spiro atoms. The summed E-state index contributed by atoms with van der Waals surface area (Å²) in [6.07, 6.45) is 0.711. The van der Waals surface area contributed by atoms with Crippen molar-refractivity contribution in [3.8, 4) is 6.07 Å². The third-order valence-electron chi connectivity index (χ3n) is 2.33. The van der Waals surface area contributed by atoms with Gasteiger partial charge in [-0.05, 0) is 23.9 Å². The number of nitrogens with one attached hydrogen (secondary N) is 1. The van der Waals surface area contributed by atoms with Crippen LogP contribution in [0.5, 0.6) is 0 Å². The zero-order valence-corrected chi connectivity index (χ0v) is 10.8. The van der Waals surface area contributed by atoms with E-state index in [9.17, 15) is 10.1 Å². The van der Waals surface area contributed by atoms with E-state index < -0.39 is 4.92 Å². The van der Waals surface area contributed by atoms with Gasteiger partial charge in [-0.25, -0.2) is 4.98 Å². The van der Waals surface area contributed by atoms with Crippen LogP contribution in [0.2, 0.25) is 0 Å². The third kappa shape index (κ3) is 2.89. The summed E-state index contributed by atoms with van der Waals surface area (Å²) in [5.41, 5.74) is 0.132. The maximum absolute atomic E-state index is 11.0. The molecule has 7 nitrogen and oxygen atoms in total. The minimum atomic E-state index is -0.517. The number of nitro groups is 1.